The van der Waals surface area contributed by atoms with Gasteiger partial charge in [0, 0.05) is 18.2 Å². The maximum absolute atomic E-state index is 11.6. The number of piperidine rings is 1. The van der Waals surface area contributed by atoms with Crippen LogP contribution in [0.5, 0.6) is 0 Å². The molecule has 28 heavy (non-hydrogen) atoms. The van der Waals surface area contributed by atoms with Crippen molar-refractivity contribution in [3.05, 3.63) is 35.4 Å². The summed E-state index contributed by atoms with van der Waals surface area (Å²) >= 11 is 0. The molecule has 0 spiro atoms. The van der Waals surface area contributed by atoms with Crippen LogP contribution >= 0.6 is 0 Å². The number of hydrogen-bond donors (Lipinski definition) is 2. The Kier molecular flexibility index (Phi) is 5.80. The number of amides is 1. The fourth-order valence-electron chi connectivity index (χ4n) is 6.38. The molecule has 4 rings (SSSR count). The molecule has 2 saturated carbocycles. The van der Waals surface area contributed by atoms with Crippen molar-refractivity contribution >= 4 is 5.91 Å². The molecule has 2 bridgehead atoms. The van der Waals surface area contributed by atoms with Gasteiger partial charge in [-0.05, 0) is 93.0 Å². The van der Waals surface area contributed by atoms with Crippen molar-refractivity contribution in [1.29, 1.82) is 0 Å². The second kappa shape index (κ2) is 8.16. The predicted molar refractivity (Wildman–Crippen MR) is 112 cm³/mol. The molecule has 1 amide bonds. The third-order valence-corrected chi connectivity index (χ3v) is 8.12. The van der Waals surface area contributed by atoms with Gasteiger partial charge in [0.2, 0.25) is 5.91 Å². The van der Waals surface area contributed by atoms with Crippen molar-refractivity contribution in [2.45, 2.75) is 82.1 Å². The summed E-state index contributed by atoms with van der Waals surface area (Å²) in [5.74, 6) is -0.326. The van der Waals surface area contributed by atoms with Gasteiger partial charge in [-0.3, -0.25) is 4.79 Å². The minimum Gasteiger partial charge on any atom is -0.396 e. The van der Waals surface area contributed by atoms with E-state index < -0.39 is 0 Å². The van der Waals surface area contributed by atoms with E-state index in [2.05, 4.69) is 11.0 Å². The van der Waals surface area contributed by atoms with Crippen LogP contribution in [0.2, 0.25) is 0 Å². The molecule has 2 atom stereocenters. The van der Waals surface area contributed by atoms with Gasteiger partial charge in [-0.1, -0.05) is 31.4 Å². The zero-order valence-corrected chi connectivity index (χ0v) is 17.2. The van der Waals surface area contributed by atoms with Crippen molar-refractivity contribution in [3.63, 3.8) is 0 Å². The number of likely N-dealkylation sites (tertiary alicyclic amines) is 1. The van der Waals surface area contributed by atoms with Gasteiger partial charge in [0.1, 0.15) is 0 Å². The van der Waals surface area contributed by atoms with Crippen LogP contribution in [0.4, 0.5) is 0 Å². The number of aliphatic hydroxyl groups is 1. The maximum atomic E-state index is 11.6. The van der Waals surface area contributed by atoms with Crippen LogP contribution in [-0.2, 0) is 5.41 Å². The minimum absolute atomic E-state index is 0.224. The van der Waals surface area contributed by atoms with Gasteiger partial charge in [0.25, 0.3) is 0 Å². The van der Waals surface area contributed by atoms with Crippen LogP contribution in [0.25, 0.3) is 0 Å². The van der Waals surface area contributed by atoms with Crippen molar-refractivity contribution in [3.8, 4) is 0 Å². The Hall–Kier alpha value is -1.39. The highest BCUT2D eigenvalue weighted by atomic mass is 16.3. The first-order valence-electron chi connectivity index (χ1n) is 11.3. The summed E-state index contributed by atoms with van der Waals surface area (Å²) in [5, 5.41) is 9.87. The summed E-state index contributed by atoms with van der Waals surface area (Å²) in [6.07, 6.45) is 13.6. The Morgan fingerprint density at radius 2 is 2.00 bits per heavy atom. The van der Waals surface area contributed by atoms with E-state index in [1.807, 2.05) is 18.2 Å². The van der Waals surface area contributed by atoms with E-state index in [1.54, 1.807) is 0 Å². The molecule has 1 saturated heterocycles. The van der Waals surface area contributed by atoms with E-state index >= 15 is 0 Å². The van der Waals surface area contributed by atoms with E-state index in [0.717, 1.165) is 6.54 Å². The number of aliphatic hydroxyl groups excluding tert-OH is 1. The van der Waals surface area contributed by atoms with Gasteiger partial charge in [0.05, 0.1) is 0 Å². The summed E-state index contributed by atoms with van der Waals surface area (Å²) in [7, 11) is 0. The molecule has 3 fully saturated rings. The van der Waals surface area contributed by atoms with Crippen LogP contribution in [0, 0.1) is 5.41 Å². The summed E-state index contributed by atoms with van der Waals surface area (Å²) in [5.41, 5.74) is 7.93. The molecule has 3 aliphatic rings. The first kappa shape index (κ1) is 19.9. The molecular weight excluding hydrogens is 348 g/mol. The quantitative estimate of drug-likeness (QED) is 0.746. The molecule has 154 valence electrons. The lowest BCUT2D eigenvalue weighted by Gasteiger charge is -2.51. The number of fused-ring (bicyclic) bond motifs is 2. The van der Waals surface area contributed by atoms with Gasteiger partial charge in [-0.2, -0.15) is 0 Å². The van der Waals surface area contributed by atoms with Gasteiger partial charge in [-0.15, -0.1) is 0 Å². The minimum atomic E-state index is -0.326. The van der Waals surface area contributed by atoms with Crippen LogP contribution in [0.3, 0.4) is 0 Å². The van der Waals surface area contributed by atoms with Gasteiger partial charge in [-0.25, -0.2) is 0 Å². The summed E-state index contributed by atoms with van der Waals surface area (Å²) < 4.78 is 0. The molecule has 2 unspecified atom stereocenters. The lowest BCUT2D eigenvalue weighted by Crippen LogP contribution is -2.52. The molecule has 1 aromatic carbocycles. The zero-order valence-electron chi connectivity index (χ0n) is 17.2. The van der Waals surface area contributed by atoms with Gasteiger partial charge in [0.15, 0.2) is 0 Å². The summed E-state index contributed by atoms with van der Waals surface area (Å²) in [4.78, 5) is 14.4. The highest BCUT2D eigenvalue weighted by molar-refractivity contribution is 5.92. The largest absolute Gasteiger partial charge is 0.396 e. The maximum Gasteiger partial charge on any atom is 0.248 e. The summed E-state index contributed by atoms with van der Waals surface area (Å²) in [6, 6.07) is 8.74. The SMILES string of the molecule is NC(=O)c1cccc(C23CCCC(C2)N(CCCC2(CO)CCCC2)CC3)c1. The molecule has 2 aliphatic carbocycles. The molecule has 4 nitrogen and oxygen atoms in total. The number of carbonyl (C=O) groups is 1. The normalized spacial score (nSPS) is 29.7. The molecule has 3 N–H and O–H groups in total. The van der Waals surface area contributed by atoms with E-state index in [-0.39, 0.29) is 16.7 Å². The van der Waals surface area contributed by atoms with E-state index in [1.165, 1.54) is 82.7 Å². The fourth-order valence-corrected chi connectivity index (χ4v) is 6.38. The molecule has 4 heteroatoms. The molecule has 1 aromatic rings. The Morgan fingerprint density at radius 1 is 1.18 bits per heavy atom. The van der Waals surface area contributed by atoms with Crippen LogP contribution in [0.15, 0.2) is 24.3 Å². The van der Waals surface area contributed by atoms with Crippen molar-refractivity contribution in [2.75, 3.05) is 19.7 Å². The number of carbonyl (C=O) groups excluding carboxylic acids is 1. The number of hydrogen-bond acceptors (Lipinski definition) is 3. The first-order valence-corrected chi connectivity index (χ1v) is 11.3. The number of benzene rings is 1. The first-order chi connectivity index (χ1) is 13.6. The highest BCUT2D eigenvalue weighted by Gasteiger charge is 2.43. The molecular formula is C24H36N2O2. The molecule has 0 aromatic heterocycles. The van der Waals surface area contributed by atoms with Gasteiger partial charge < -0.3 is 15.7 Å². The van der Waals surface area contributed by atoms with E-state index in [0.29, 0.717) is 18.2 Å². The number of primary amides is 1. The number of nitrogens with zero attached hydrogens (tertiary/aromatic N) is 1. The van der Waals surface area contributed by atoms with E-state index in [4.69, 9.17) is 5.73 Å². The number of nitrogens with two attached hydrogens (primary N) is 1. The zero-order chi connectivity index (χ0) is 19.6. The van der Waals surface area contributed by atoms with Gasteiger partial charge >= 0.3 is 0 Å². The van der Waals surface area contributed by atoms with Crippen LogP contribution in [0.1, 0.15) is 86.6 Å². The molecule has 0 radical (unpaired) electrons. The third kappa shape index (κ3) is 3.86. The summed E-state index contributed by atoms with van der Waals surface area (Å²) in [6.45, 7) is 2.69. The Balaban J connectivity index is 1.39. The van der Waals surface area contributed by atoms with Crippen LogP contribution in [-0.4, -0.2) is 41.7 Å². The standard InChI is InChI=1S/C24H36N2O2/c25-22(28)19-6-3-7-20(16-19)24-12-4-8-21(17-24)26(15-13-24)14-5-11-23(18-27)9-1-2-10-23/h3,6-7,16,21,27H,1-2,4-5,8-15,17-18H2,(H2,25,28). The average molecular weight is 385 g/mol. The Morgan fingerprint density at radius 3 is 2.75 bits per heavy atom. The monoisotopic (exact) mass is 384 g/mol. The average Bonchev–Trinajstić information content (AvgIpc) is 3.19. The second-order valence-corrected chi connectivity index (χ2v) is 9.73. The second-order valence-electron chi connectivity index (χ2n) is 9.73. The number of rotatable bonds is 7. The van der Waals surface area contributed by atoms with Crippen molar-refractivity contribution in [1.82, 2.24) is 4.90 Å². The fraction of sp³-hybridized carbons (Fsp3) is 0.708. The van der Waals surface area contributed by atoms with Crippen LogP contribution < -0.4 is 5.73 Å². The smallest absolute Gasteiger partial charge is 0.248 e. The highest BCUT2D eigenvalue weighted by Crippen LogP contribution is 2.47. The third-order valence-electron chi connectivity index (χ3n) is 8.12. The molecule has 1 heterocycles. The van der Waals surface area contributed by atoms with Crippen molar-refractivity contribution in [2.24, 2.45) is 11.1 Å². The lowest BCUT2D eigenvalue weighted by molar-refractivity contribution is 0.0440. The van der Waals surface area contributed by atoms with E-state index in [9.17, 15) is 9.90 Å². The Labute approximate surface area is 169 Å². The lowest BCUT2D eigenvalue weighted by atomic mass is 9.63. The Bertz CT molecular complexity index is 698. The predicted octanol–water partition coefficient (Wildman–Crippen LogP) is 4.00. The van der Waals surface area contributed by atoms with Crippen molar-refractivity contribution < 1.29 is 9.90 Å². The molecule has 1 aliphatic heterocycles. The topological polar surface area (TPSA) is 66.6 Å².